The Kier molecular flexibility index (Phi) is 4.45. The number of nitrogen functional groups attached to an aromatic ring is 1. The number of nitrogens with zero attached hydrogens (tertiary/aromatic N) is 1. The summed E-state index contributed by atoms with van der Waals surface area (Å²) in [5.41, 5.74) is 7.04. The van der Waals surface area contributed by atoms with Crippen LogP contribution in [0.5, 0.6) is 5.75 Å². The molecule has 0 amide bonds. The van der Waals surface area contributed by atoms with Crippen molar-refractivity contribution < 1.29 is 13.2 Å². The van der Waals surface area contributed by atoms with E-state index in [-0.39, 0.29) is 11.4 Å². The summed E-state index contributed by atoms with van der Waals surface area (Å²) in [4.78, 5) is 0.0731. The van der Waals surface area contributed by atoms with Crippen LogP contribution in [0.15, 0.2) is 17.0 Å². The largest absolute Gasteiger partial charge is 0.495 e. The van der Waals surface area contributed by atoms with Crippen LogP contribution in [-0.4, -0.2) is 32.9 Å². The average Bonchev–Trinajstić information content (AvgIpc) is 3.24. The number of anilines is 1. The first-order chi connectivity index (χ1) is 9.90. The zero-order chi connectivity index (χ0) is 15.6. The Morgan fingerprint density at radius 3 is 2.67 bits per heavy atom. The second kappa shape index (κ2) is 5.96. The Morgan fingerprint density at radius 2 is 2.14 bits per heavy atom. The van der Waals surface area contributed by atoms with Crippen molar-refractivity contribution in [2.24, 2.45) is 5.92 Å². The number of aryl methyl sites for hydroxylation is 1. The molecule has 0 aromatic heterocycles. The van der Waals surface area contributed by atoms with Gasteiger partial charge in [-0.2, -0.15) is 4.31 Å². The van der Waals surface area contributed by atoms with Crippen LogP contribution in [0.1, 0.15) is 18.4 Å². The minimum absolute atomic E-state index is 0.0514. The summed E-state index contributed by atoms with van der Waals surface area (Å²) in [6.45, 7) is 2.30. The van der Waals surface area contributed by atoms with Crippen LogP contribution in [-0.2, 0) is 10.0 Å². The number of rotatable bonds is 6. The van der Waals surface area contributed by atoms with Gasteiger partial charge in [0, 0.05) is 12.2 Å². The number of terminal acetylenes is 1. The quantitative estimate of drug-likeness (QED) is 0.640. The summed E-state index contributed by atoms with van der Waals surface area (Å²) < 4.78 is 32.2. The van der Waals surface area contributed by atoms with E-state index in [0.29, 0.717) is 23.9 Å². The van der Waals surface area contributed by atoms with Gasteiger partial charge in [0.2, 0.25) is 10.0 Å². The van der Waals surface area contributed by atoms with Crippen molar-refractivity contribution in [2.75, 3.05) is 25.9 Å². The molecule has 1 saturated carbocycles. The van der Waals surface area contributed by atoms with E-state index >= 15 is 0 Å². The lowest BCUT2D eigenvalue weighted by Gasteiger charge is -2.21. The van der Waals surface area contributed by atoms with Crippen LogP contribution in [0.3, 0.4) is 0 Å². The molecule has 0 aliphatic heterocycles. The van der Waals surface area contributed by atoms with Gasteiger partial charge in [-0.1, -0.05) is 5.92 Å². The highest BCUT2D eigenvalue weighted by Crippen LogP contribution is 2.34. The normalized spacial score (nSPS) is 15.0. The molecule has 0 atom stereocenters. The molecule has 2 rings (SSSR count). The topological polar surface area (TPSA) is 72.6 Å². The van der Waals surface area contributed by atoms with E-state index < -0.39 is 10.0 Å². The zero-order valence-electron chi connectivity index (χ0n) is 12.3. The summed E-state index contributed by atoms with van der Waals surface area (Å²) in [5, 5.41) is 0. The van der Waals surface area contributed by atoms with E-state index in [9.17, 15) is 8.42 Å². The molecule has 1 aliphatic carbocycles. The van der Waals surface area contributed by atoms with Gasteiger partial charge >= 0.3 is 0 Å². The maximum absolute atomic E-state index is 12.8. The number of ether oxygens (including phenoxy) is 1. The Morgan fingerprint density at radius 1 is 1.48 bits per heavy atom. The van der Waals surface area contributed by atoms with Crippen molar-refractivity contribution in [1.82, 2.24) is 4.31 Å². The number of sulfonamides is 1. The number of hydrogen-bond donors (Lipinski definition) is 1. The fraction of sp³-hybridized carbons (Fsp3) is 0.467. The SMILES string of the molecule is C#CCN(CC1CC1)S(=O)(=O)c1cc(N)c(C)cc1OC. The lowest BCUT2D eigenvalue weighted by molar-refractivity contribution is 0.393. The van der Waals surface area contributed by atoms with E-state index in [1.54, 1.807) is 13.0 Å². The van der Waals surface area contributed by atoms with Crippen LogP contribution >= 0.6 is 0 Å². The zero-order valence-corrected chi connectivity index (χ0v) is 13.1. The molecule has 1 aliphatic rings. The van der Waals surface area contributed by atoms with Gasteiger partial charge in [0.05, 0.1) is 13.7 Å². The number of nitrogens with two attached hydrogens (primary N) is 1. The number of hydrogen-bond acceptors (Lipinski definition) is 4. The maximum Gasteiger partial charge on any atom is 0.247 e. The monoisotopic (exact) mass is 308 g/mol. The van der Waals surface area contributed by atoms with Crippen LogP contribution in [0.25, 0.3) is 0 Å². The van der Waals surface area contributed by atoms with E-state index in [4.69, 9.17) is 16.9 Å². The summed E-state index contributed by atoms with van der Waals surface area (Å²) in [6.07, 6.45) is 7.40. The Balaban J connectivity index is 2.45. The van der Waals surface area contributed by atoms with E-state index in [2.05, 4.69) is 5.92 Å². The molecule has 0 saturated heterocycles. The van der Waals surface area contributed by atoms with Gasteiger partial charge < -0.3 is 10.5 Å². The van der Waals surface area contributed by atoms with Crippen LogP contribution < -0.4 is 10.5 Å². The lowest BCUT2D eigenvalue weighted by Crippen LogP contribution is -2.33. The first-order valence-corrected chi connectivity index (χ1v) is 8.22. The second-order valence-corrected chi connectivity index (χ2v) is 7.21. The van der Waals surface area contributed by atoms with Crippen LogP contribution in [0.2, 0.25) is 0 Å². The maximum atomic E-state index is 12.8. The Labute approximate surface area is 126 Å². The molecule has 114 valence electrons. The Bertz CT molecular complexity index is 673. The number of benzene rings is 1. The summed E-state index contributed by atoms with van der Waals surface area (Å²) in [6, 6.07) is 3.08. The van der Waals surface area contributed by atoms with Crippen LogP contribution in [0, 0.1) is 25.2 Å². The third kappa shape index (κ3) is 3.31. The summed E-state index contributed by atoms with van der Waals surface area (Å²) >= 11 is 0. The molecule has 1 aromatic rings. The molecule has 2 N–H and O–H groups in total. The van der Waals surface area contributed by atoms with Gasteiger partial charge in [0.15, 0.2) is 0 Å². The van der Waals surface area contributed by atoms with Gasteiger partial charge in [-0.3, -0.25) is 0 Å². The van der Waals surface area contributed by atoms with Gasteiger partial charge in [0.25, 0.3) is 0 Å². The predicted molar refractivity (Wildman–Crippen MR) is 82.5 cm³/mol. The molecule has 0 heterocycles. The predicted octanol–water partition coefficient (Wildman–Crippen LogP) is 1.62. The molecule has 0 unspecified atom stereocenters. The molecule has 1 aromatic carbocycles. The lowest BCUT2D eigenvalue weighted by atomic mass is 10.2. The molecule has 0 radical (unpaired) electrons. The van der Waals surface area contributed by atoms with Crippen molar-refractivity contribution in [3.05, 3.63) is 17.7 Å². The minimum Gasteiger partial charge on any atom is -0.495 e. The highest BCUT2D eigenvalue weighted by molar-refractivity contribution is 7.89. The molecular formula is C15H20N2O3S. The molecule has 0 bridgehead atoms. The van der Waals surface area contributed by atoms with Crippen molar-refractivity contribution in [3.63, 3.8) is 0 Å². The fourth-order valence-corrected chi connectivity index (χ4v) is 3.72. The molecular weight excluding hydrogens is 288 g/mol. The van der Waals surface area contributed by atoms with Crippen molar-refractivity contribution in [1.29, 1.82) is 0 Å². The first kappa shape index (κ1) is 15.7. The van der Waals surface area contributed by atoms with Crippen molar-refractivity contribution in [3.8, 4) is 18.1 Å². The highest BCUT2D eigenvalue weighted by atomic mass is 32.2. The molecule has 1 fully saturated rings. The smallest absolute Gasteiger partial charge is 0.247 e. The van der Waals surface area contributed by atoms with Gasteiger partial charge in [-0.25, -0.2) is 8.42 Å². The second-order valence-electron chi connectivity index (χ2n) is 5.30. The van der Waals surface area contributed by atoms with Crippen LogP contribution in [0.4, 0.5) is 5.69 Å². The Hall–Kier alpha value is -1.71. The highest BCUT2D eigenvalue weighted by Gasteiger charge is 2.33. The molecule has 6 heteroatoms. The summed E-state index contributed by atoms with van der Waals surface area (Å²) in [5.74, 6) is 3.11. The average molecular weight is 308 g/mol. The van der Waals surface area contributed by atoms with Crippen molar-refractivity contribution >= 4 is 15.7 Å². The van der Waals surface area contributed by atoms with E-state index in [1.165, 1.54) is 17.5 Å². The molecule has 21 heavy (non-hydrogen) atoms. The summed E-state index contributed by atoms with van der Waals surface area (Å²) in [7, 11) is -2.27. The molecule has 0 spiro atoms. The number of methoxy groups -OCH3 is 1. The third-order valence-corrected chi connectivity index (χ3v) is 5.43. The van der Waals surface area contributed by atoms with Gasteiger partial charge in [-0.05, 0) is 43.4 Å². The van der Waals surface area contributed by atoms with Gasteiger partial charge in [-0.15, -0.1) is 6.42 Å². The fourth-order valence-electron chi connectivity index (χ4n) is 2.12. The first-order valence-electron chi connectivity index (χ1n) is 6.78. The van der Waals surface area contributed by atoms with Gasteiger partial charge in [0.1, 0.15) is 10.6 Å². The third-order valence-electron chi connectivity index (χ3n) is 3.60. The van der Waals surface area contributed by atoms with Crippen molar-refractivity contribution in [2.45, 2.75) is 24.7 Å². The minimum atomic E-state index is -3.71. The van der Waals surface area contributed by atoms with E-state index in [0.717, 1.165) is 18.4 Å². The van der Waals surface area contributed by atoms with E-state index in [1.807, 2.05) is 0 Å². The molecule has 5 nitrogen and oxygen atoms in total. The standard InChI is InChI=1S/C15H20N2O3S/c1-4-7-17(10-12-5-6-12)21(18,19)15-9-13(16)11(2)8-14(15)20-3/h1,8-9,12H,5-7,10,16H2,2-3H3.